The van der Waals surface area contributed by atoms with Crippen molar-refractivity contribution in [1.82, 2.24) is 5.32 Å². The van der Waals surface area contributed by atoms with Gasteiger partial charge < -0.3 is 15.2 Å². The fourth-order valence-electron chi connectivity index (χ4n) is 1.72. The van der Waals surface area contributed by atoms with Gasteiger partial charge in [-0.05, 0) is 24.6 Å². The number of alkyl halides is 2. The SMILES string of the molecule is CCCC[C@H](NC(=O)c1cccc(OC(F)F)c1)C(=O)O. The molecular weight excluding hydrogens is 284 g/mol. The first kappa shape index (κ1) is 16.9. The normalized spacial score (nSPS) is 12.0. The molecule has 0 spiro atoms. The Morgan fingerprint density at radius 3 is 2.67 bits per heavy atom. The molecule has 0 aliphatic rings. The van der Waals surface area contributed by atoms with E-state index < -0.39 is 24.5 Å². The molecule has 1 amide bonds. The van der Waals surface area contributed by atoms with E-state index in [1.807, 2.05) is 6.92 Å². The summed E-state index contributed by atoms with van der Waals surface area (Å²) in [5.74, 6) is -1.92. The van der Waals surface area contributed by atoms with Gasteiger partial charge in [-0.1, -0.05) is 25.8 Å². The number of carbonyl (C=O) groups excluding carboxylic acids is 1. The van der Waals surface area contributed by atoms with E-state index in [0.717, 1.165) is 12.5 Å². The Kier molecular flexibility index (Phi) is 6.58. The molecule has 0 heterocycles. The van der Waals surface area contributed by atoms with E-state index >= 15 is 0 Å². The first-order chi connectivity index (χ1) is 9.93. The number of hydrogen-bond acceptors (Lipinski definition) is 3. The minimum atomic E-state index is -2.99. The minimum Gasteiger partial charge on any atom is -0.480 e. The molecule has 1 aromatic rings. The van der Waals surface area contributed by atoms with Gasteiger partial charge in [0.1, 0.15) is 11.8 Å². The highest BCUT2D eigenvalue weighted by Crippen LogP contribution is 2.16. The predicted octanol–water partition coefficient (Wildman–Crippen LogP) is 2.66. The maximum atomic E-state index is 12.1. The van der Waals surface area contributed by atoms with Crippen LogP contribution < -0.4 is 10.1 Å². The molecule has 7 heteroatoms. The van der Waals surface area contributed by atoms with Crippen LogP contribution in [0.2, 0.25) is 0 Å². The largest absolute Gasteiger partial charge is 0.480 e. The van der Waals surface area contributed by atoms with Crippen molar-refractivity contribution in [3.8, 4) is 5.75 Å². The molecule has 0 aromatic heterocycles. The topological polar surface area (TPSA) is 75.6 Å². The summed E-state index contributed by atoms with van der Waals surface area (Å²) in [5, 5.41) is 11.4. The molecule has 0 bridgehead atoms. The molecule has 0 aliphatic heterocycles. The summed E-state index contributed by atoms with van der Waals surface area (Å²) in [6, 6.07) is 4.20. The van der Waals surface area contributed by atoms with Crippen LogP contribution in [0.1, 0.15) is 36.5 Å². The van der Waals surface area contributed by atoms with Crippen LogP contribution in [0.25, 0.3) is 0 Å². The van der Waals surface area contributed by atoms with Crippen LogP contribution in [0, 0.1) is 0 Å². The molecule has 0 fully saturated rings. The molecule has 1 rings (SSSR count). The standard InChI is InChI=1S/C14H17F2NO4/c1-2-3-7-11(13(19)20)17-12(18)9-5-4-6-10(8-9)21-14(15)16/h4-6,8,11,14H,2-3,7H2,1H3,(H,17,18)(H,19,20)/t11-/m0/s1. The van der Waals surface area contributed by atoms with E-state index in [2.05, 4.69) is 10.1 Å². The van der Waals surface area contributed by atoms with Crippen LogP contribution in [-0.4, -0.2) is 29.6 Å². The second kappa shape index (κ2) is 8.18. The van der Waals surface area contributed by atoms with Crippen LogP contribution in [-0.2, 0) is 4.79 Å². The fraction of sp³-hybridized carbons (Fsp3) is 0.429. The van der Waals surface area contributed by atoms with E-state index in [9.17, 15) is 18.4 Å². The highest BCUT2D eigenvalue weighted by atomic mass is 19.3. The zero-order valence-electron chi connectivity index (χ0n) is 11.5. The lowest BCUT2D eigenvalue weighted by atomic mass is 10.1. The van der Waals surface area contributed by atoms with Crippen LogP contribution in [0.4, 0.5) is 8.78 Å². The smallest absolute Gasteiger partial charge is 0.387 e. The Balaban J connectivity index is 2.75. The summed E-state index contributed by atoms with van der Waals surface area (Å²) in [5.41, 5.74) is 0.0656. The highest BCUT2D eigenvalue weighted by Gasteiger charge is 2.20. The minimum absolute atomic E-state index is 0.0656. The highest BCUT2D eigenvalue weighted by molar-refractivity contribution is 5.96. The van der Waals surface area contributed by atoms with Crippen LogP contribution in [0.3, 0.4) is 0 Å². The van der Waals surface area contributed by atoms with Gasteiger partial charge in [0.2, 0.25) is 0 Å². The summed E-state index contributed by atoms with van der Waals surface area (Å²) in [6.45, 7) is -1.08. The van der Waals surface area contributed by atoms with Crippen molar-refractivity contribution in [2.24, 2.45) is 0 Å². The first-order valence-electron chi connectivity index (χ1n) is 6.52. The van der Waals surface area contributed by atoms with Gasteiger partial charge in [0, 0.05) is 5.56 Å². The van der Waals surface area contributed by atoms with E-state index in [4.69, 9.17) is 5.11 Å². The molecule has 21 heavy (non-hydrogen) atoms. The number of halogens is 2. The molecule has 0 aliphatic carbocycles. The number of aliphatic carboxylic acids is 1. The van der Waals surface area contributed by atoms with Gasteiger partial charge in [0.15, 0.2) is 0 Å². The third-order valence-electron chi connectivity index (χ3n) is 2.77. The summed E-state index contributed by atoms with van der Waals surface area (Å²) in [7, 11) is 0. The number of carbonyl (C=O) groups is 2. The lowest BCUT2D eigenvalue weighted by Gasteiger charge is -2.14. The van der Waals surface area contributed by atoms with Crippen molar-refractivity contribution in [2.75, 3.05) is 0 Å². The quantitative estimate of drug-likeness (QED) is 0.774. The van der Waals surface area contributed by atoms with Gasteiger partial charge in [-0.3, -0.25) is 4.79 Å². The lowest BCUT2D eigenvalue weighted by Crippen LogP contribution is -2.40. The van der Waals surface area contributed by atoms with Gasteiger partial charge in [-0.25, -0.2) is 4.79 Å². The van der Waals surface area contributed by atoms with E-state index in [-0.39, 0.29) is 11.3 Å². The predicted molar refractivity (Wildman–Crippen MR) is 71.5 cm³/mol. The third kappa shape index (κ3) is 5.76. The van der Waals surface area contributed by atoms with Crippen molar-refractivity contribution in [2.45, 2.75) is 38.8 Å². The molecule has 0 radical (unpaired) electrons. The van der Waals surface area contributed by atoms with Gasteiger partial charge in [-0.2, -0.15) is 8.78 Å². The van der Waals surface area contributed by atoms with Gasteiger partial charge in [0.05, 0.1) is 0 Å². The molecule has 116 valence electrons. The zero-order valence-corrected chi connectivity index (χ0v) is 11.5. The maximum absolute atomic E-state index is 12.1. The Labute approximate surface area is 120 Å². The number of rotatable bonds is 8. The second-order valence-electron chi connectivity index (χ2n) is 4.41. The summed E-state index contributed by atoms with van der Waals surface area (Å²) >= 11 is 0. The van der Waals surface area contributed by atoms with E-state index in [1.165, 1.54) is 18.2 Å². The zero-order chi connectivity index (χ0) is 15.8. The molecule has 1 aromatic carbocycles. The van der Waals surface area contributed by atoms with Gasteiger partial charge >= 0.3 is 12.6 Å². The lowest BCUT2D eigenvalue weighted by molar-refractivity contribution is -0.139. The van der Waals surface area contributed by atoms with E-state index in [0.29, 0.717) is 12.8 Å². The van der Waals surface area contributed by atoms with Crippen molar-refractivity contribution >= 4 is 11.9 Å². The molecule has 5 nitrogen and oxygen atoms in total. The maximum Gasteiger partial charge on any atom is 0.387 e. The monoisotopic (exact) mass is 301 g/mol. The number of hydrogen-bond donors (Lipinski definition) is 2. The molecule has 0 saturated heterocycles. The Bertz CT molecular complexity index is 494. The molecular formula is C14H17F2NO4. The molecule has 1 atom stereocenters. The number of nitrogens with one attached hydrogen (secondary N) is 1. The number of amides is 1. The summed E-state index contributed by atoms with van der Waals surface area (Å²) in [4.78, 5) is 23.0. The summed E-state index contributed by atoms with van der Waals surface area (Å²) < 4.78 is 28.4. The third-order valence-corrected chi connectivity index (χ3v) is 2.77. The Hall–Kier alpha value is -2.18. The molecule has 0 unspecified atom stereocenters. The second-order valence-corrected chi connectivity index (χ2v) is 4.41. The van der Waals surface area contributed by atoms with Crippen LogP contribution >= 0.6 is 0 Å². The van der Waals surface area contributed by atoms with Gasteiger partial charge in [0.25, 0.3) is 5.91 Å². The van der Waals surface area contributed by atoms with Crippen LogP contribution in [0.15, 0.2) is 24.3 Å². The summed E-state index contributed by atoms with van der Waals surface area (Å²) in [6.07, 6.45) is 1.77. The van der Waals surface area contributed by atoms with Crippen molar-refractivity contribution in [3.05, 3.63) is 29.8 Å². The number of carboxylic acids is 1. The van der Waals surface area contributed by atoms with Crippen molar-refractivity contribution in [3.63, 3.8) is 0 Å². The van der Waals surface area contributed by atoms with Crippen LogP contribution in [0.5, 0.6) is 5.75 Å². The Morgan fingerprint density at radius 2 is 2.10 bits per heavy atom. The number of unbranched alkanes of at least 4 members (excludes halogenated alkanes) is 1. The number of carboxylic acid groups (broad SMARTS) is 1. The average molecular weight is 301 g/mol. The number of ether oxygens (including phenoxy) is 1. The first-order valence-corrected chi connectivity index (χ1v) is 6.52. The van der Waals surface area contributed by atoms with Crippen molar-refractivity contribution < 1.29 is 28.2 Å². The fourth-order valence-corrected chi connectivity index (χ4v) is 1.72. The van der Waals surface area contributed by atoms with Gasteiger partial charge in [-0.15, -0.1) is 0 Å². The average Bonchev–Trinajstić information content (AvgIpc) is 2.42. The molecule has 2 N–H and O–H groups in total. The molecule has 0 saturated carbocycles. The number of benzene rings is 1. The van der Waals surface area contributed by atoms with Crippen molar-refractivity contribution in [1.29, 1.82) is 0 Å². The van der Waals surface area contributed by atoms with E-state index in [1.54, 1.807) is 0 Å². The Morgan fingerprint density at radius 1 is 1.38 bits per heavy atom.